The zero-order valence-electron chi connectivity index (χ0n) is 12.2. The monoisotopic (exact) mass is 308 g/mol. The lowest BCUT2D eigenvalue weighted by atomic mass is 10.1. The molecule has 6 nitrogen and oxygen atoms in total. The number of nitrogens with zero attached hydrogens (tertiary/aromatic N) is 2. The molecule has 23 heavy (non-hydrogen) atoms. The molecule has 0 aliphatic carbocycles. The molecule has 0 spiro atoms. The van der Waals surface area contributed by atoms with E-state index >= 15 is 0 Å². The number of benzene rings is 2. The van der Waals surface area contributed by atoms with Crippen LogP contribution in [-0.4, -0.2) is 27.1 Å². The fourth-order valence-electron chi connectivity index (χ4n) is 2.09. The second kappa shape index (κ2) is 5.84. The topological polar surface area (TPSA) is 93.3 Å². The molecule has 0 radical (unpaired) electrons. The summed E-state index contributed by atoms with van der Waals surface area (Å²) >= 11 is 0. The number of hydrogen-bond donors (Lipinski definition) is 1. The molecule has 6 heteroatoms. The highest BCUT2D eigenvalue weighted by atomic mass is 16.4. The molecule has 0 aliphatic heterocycles. The normalized spacial score (nSPS) is 10.5. The van der Waals surface area contributed by atoms with Gasteiger partial charge in [-0.15, -0.1) is 10.2 Å². The number of carbonyl (C=O) groups excluding carboxylic acids is 1. The third kappa shape index (κ3) is 3.01. The quantitative estimate of drug-likeness (QED) is 0.743. The van der Waals surface area contributed by atoms with Crippen molar-refractivity contribution in [3.63, 3.8) is 0 Å². The first-order chi connectivity index (χ1) is 11.0. The molecule has 114 valence electrons. The number of rotatable bonds is 4. The van der Waals surface area contributed by atoms with Crippen LogP contribution in [0.1, 0.15) is 27.6 Å². The molecule has 0 bridgehead atoms. The molecule has 2 aromatic carbocycles. The molecule has 0 unspecified atom stereocenters. The number of carbonyl (C=O) groups is 2. The van der Waals surface area contributed by atoms with Crippen molar-refractivity contribution in [1.29, 1.82) is 0 Å². The van der Waals surface area contributed by atoms with Gasteiger partial charge in [-0.3, -0.25) is 4.79 Å². The van der Waals surface area contributed by atoms with Crippen molar-refractivity contribution in [2.24, 2.45) is 0 Å². The maximum atomic E-state index is 11.3. The zero-order chi connectivity index (χ0) is 16.4. The maximum absolute atomic E-state index is 11.3. The Kier molecular flexibility index (Phi) is 3.72. The van der Waals surface area contributed by atoms with E-state index in [2.05, 4.69) is 10.2 Å². The van der Waals surface area contributed by atoms with Crippen LogP contribution in [-0.2, 0) is 0 Å². The lowest BCUT2D eigenvalue weighted by Gasteiger charge is -1.98. The molecule has 0 saturated heterocycles. The van der Waals surface area contributed by atoms with Gasteiger partial charge in [-0.25, -0.2) is 4.79 Å². The van der Waals surface area contributed by atoms with Crippen LogP contribution in [0.15, 0.2) is 52.9 Å². The van der Waals surface area contributed by atoms with Crippen LogP contribution in [0.4, 0.5) is 0 Å². The van der Waals surface area contributed by atoms with E-state index in [1.807, 2.05) is 0 Å². The first kappa shape index (κ1) is 14.6. The second-order valence-electron chi connectivity index (χ2n) is 4.93. The van der Waals surface area contributed by atoms with Gasteiger partial charge in [0.15, 0.2) is 5.78 Å². The first-order valence-electron chi connectivity index (χ1n) is 6.83. The van der Waals surface area contributed by atoms with Crippen LogP contribution in [0.25, 0.3) is 22.9 Å². The highest BCUT2D eigenvalue weighted by Gasteiger charge is 2.12. The van der Waals surface area contributed by atoms with E-state index < -0.39 is 5.97 Å². The number of hydrogen-bond acceptors (Lipinski definition) is 5. The van der Waals surface area contributed by atoms with E-state index in [4.69, 9.17) is 9.52 Å². The van der Waals surface area contributed by atoms with Gasteiger partial charge in [-0.1, -0.05) is 18.2 Å². The number of carboxylic acids is 1. The Balaban J connectivity index is 1.92. The Hall–Kier alpha value is -3.28. The summed E-state index contributed by atoms with van der Waals surface area (Å²) in [5.74, 6) is -0.505. The molecule has 3 aromatic rings. The van der Waals surface area contributed by atoms with Gasteiger partial charge < -0.3 is 9.52 Å². The Labute approximate surface area is 131 Å². The molecule has 1 N–H and O–H groups in total. The van der Waals surface area contributed by atoms with Crippen LogP contribution in [0.2, 0.25) is 0 Å². The molecular formula is C17H12N2O4. The highest BCUT2D eigenvalue weighted by Crippen LogP contribution is 2.24. The summed E-state index contributed by atoms with van der Waals surface area (Å²) in [5.41, 5.74) is 1.96. The Bertz CT molecular complexity index is 882. The molecule has 0 fully saturated rings. The fraction of sp³-hybridized carbons (Fsp3) is 0.0588. The van der Waals surface area contributed by atoms with Crippen LogP contribution < -0.4 is 0 Å². The average molecular weight is 308 g/mol. The molecule has 0 amide bonds. The number of aromatic nitrogens is 2. The fourth-order valence-corrected chi connectivity index (χ4v) is 2.09. The van der Waals surface area contributed by atoms with Gasteiger partial charge in [0, 0.05) is 16.7 Å². The summed E-state index contributed by atoms with van der Waals surface area (Å²) in [7, 11) is 0. The molecule has 3 rings (SSSR count). The summed E-state index contributed by atoms with van der Waals surface area (Å²) in [6.07, 6.45) is 0. The second-order valence-corrected chi connectivity index (χ2v) is 4.93. The number of Topliss-reactive ketones (excluding diaryl/α,β-unsaturated/α-hetero) is 1. The van der Waals surface area contributed by atoms with E-state index in [1.165, 1.54) is 19.1 Å². The van der Waals surface area contributed by atoms with Gasteiger partial charge in [0.2, 0.25) is 11.8 Å². The van der Waals surface area contributed by atoms with Gasteiger partial charge in [0.1, 0.15) is 0 Å². The summed E-state index contributed by atoms with van der Waals surface area (Å²) < 4.78 is 5.59. The lowest BCUT2D eigenvalue weighted by Crippen LogP contribution is -1.95. The van der Waals surface area contributed by atoms with E-state index in [1.54, 1.807) is 36.4 Å². The molecular weight excluding hydrogens is 296 g/mol. The van der Waals surface area contributed by atoms with Gasteiger partial charge in [-0.2, -0.15) is 0 Å². The predicted molar refractivity (Wildman–Crippen MR) is 82.1 cm³/mol. The average Bonchev–Trinajstić information content (AvgIpc) is 3.05. The first-order valence-corrected chi connectivity index (χ1v) is 6.83. The standard InChI is InChI=1S/C17H12N2O4/c1-10(20)11-5-7-12(8-6-11)15-18-19-16(23-15)13-3-2-4-14(9-13)17(21)22/h2-9H,1H3,(H,21,22). The van der Waals surface area contributed by atoms with Crippen LogP contribution in [0.3, 0.4) is 0 Å². The van der Waals surface area contributed by atoms with Gasteiger partial charge in [-0.05, 0) is 37.3 Å². The van der Waals surface area contributed by atoms with E-state index in [-0.39, 0.29) is 17.2 Å². The highest BCUT2D eigenvalue weighted by molar-refractivity contribution is 5.94. The van der Waals surface area contributed by atoms with E-state index in [0.29, 0.717) is 22.6 Å². The maximum Gasteiger partial charge on any atom is 0.335 e. The summed E-state index contributed by atoms with van der Waals surface area (Å²) in [6.45, 7) is 1.50. The minimum absolute atomic E-state index is 0.0201. The van der Waals surface area contributed by atoms with Crippen molar-refractivity contribution < 1.29 is 19.1 Å². The van der Waals surface area contributed by atoms with Crippen molar-refractivity contribution in [2.45, 2.75) is 6.92 Å². The van der Waals surface area contributed by atoms with Crippen molar-refractivity contribution in [3.8, 4) is 22.9 Å². The van der Waals surface area contributed by atoms with Crippen molar-refractivity contribution in [3.05, 3.63) is 59.7 Å². The molecule has 1 heterocycles. The van der Waals surface area contributed by atoms with Crippen LogP contribution >= 0.6 is 0 Å². The van der Waals surface area contributed by atoms with Gasteiger partial charge in [0.05, 0.1) is 5.56 Å². The SMILES string of the molecule is CC(=O)c1ccc(-c2nnc(-c3cccc(C(=O)O)c3)o2)cc1. The summed E-state index contributed by atoms with van der Waals surface area (Å²) in [6, 6.07) is 13.1. The van der Waals surface area contributed by atoms with E-state index in [0.717, 1.165) is 0 Å². The number of aromatic carboxylic acids is 1. The largest absolute Gasteiger partial charge is 0.478 e. The summed E-state index contributed by atoms with van der Waals surface area (Å²) in [4.78, 5) is 22.3. The smallest absolute Gasteiger partial charge is 0.335 e. The van der Waals surface area contributed by atoms with Crippen molar-refractivity contribution >= 4 is 11.8 Å². The molecule has 0 atom stereocenters. The number of ketones is 1. The van der Waals surface area contributed by atoms with E-state index in [9.17, 15) is 9.59 Å². The molecule has 0 aliphatic rings. The van der Waals surface area contributed by atoms with Gasteiger partial charge >= 0.3 is 5.97 Å². The number of carboxylic acid groups (broad SMARTS) is 1. The Morgan fingerprint density at radius 3 is 2.17 bits per heavy atom. The third-order valence-electron chi connectivity index (χ3n) is 3.32. The van der Waals surface area contributed by atoms with Crippen molar-refractivity contribution in [2.75, 3.05) is 0 Å². The molecule has 0 saturated carbocycles. The molecule has 1 aromatic heterocycles. The van der Waals surface area contributed by atoms with Crippen molar-refractivity contribution in [1.82, 2.24) is 10.2 Å². The van der Waals surface area contributed by atoms with Gasteiger partial charge in [0.25, 0.3) is 0 Å². The Morgan fingerprint density at radius 1 is 0.913 bits per heavy atom. The predicted octanol–water partition coefficient (Wildman–Crippen LogP) is 3.30. The minimum Gasteiger partial charge on any atom is -0.478 e. The Morgan fingerprint density at radius 2 is 1.57 bits per heavy atom. The summed E-state index contributed by atoms with van der Waals surface area (Å²) in [5, 5.41) is 16.9. The lowest BCUT2D eigenvalue weighted by molar-refractivity contribution is 0.0696. The third-order valence-corrected chi connectivity index (χ3v) is 3.32. The zero-order valence-corrected chi connectivity index (χ0v) is 12.2. The van der Waals surface area contributed by atoms with Crippen LogP contribution in [0.5, 0.6) is 0 Å². The van der Waals surface area contributed by atoms with Crippen LogP contribution in [0, 0.1) is 0 Å². The minimum atomic E-state index is -1.02.